The summed E-state index contributed by atoms with van der Waals surface area (Å²) < 4.78 is 1.95. The van der Waals surface area contributed by atoms with Crippen molar-refractivity contribution in [1.82, 2.24) is 24.3 Å². The molecule has 1 aromatic carbocycles. The molecule has 2 aliphatic heterocycles. The average Bonchev–Trinajstić information content (AvgIpc) is 3.42. The quantitative estimate of drug-likeness (QED) is 0.516. The number of hydrogen-bond acceptors (Lipinski definition) is 5. The van der Waals surface area contributed by atoms with Gasteiger partial charge in [-0.25, -0.2) is 4.98 Å². The molecule has 2 aromatic heterocycles. The van der Waals surface area contributed by atoms with Crippen LogP contribution in [0.5, 0.6) is 0 Å². The number of amides is 3. The normalized spacial score (nSPS) is 22.6. The van der Waals surface area contributed by atoms with Crippen LogP contribution in [-0.4, -0.2) is 48.6 Å². The molecule has 4 heterocycles. The van der Waals surface area contributed by atoms with E-state index in [1.807, 2.05) is 53.0 Å². The van der Waals surface area contributed by atoms with E-state index in [2.05, 4.69) is 9.97 Å². The third kappa shape index (κ3) is 4.24. The first kappa shape index (κ1) is 23.0. The van der Waals surface area contributed by atoms with E-state index >= 15 is 0 Å². The molecule has 35 heavy (non-hydrogen) atoms. The minimum Gasteiger partial charge on any atom is -0.336 e. The van der Waals surface area contributed by atoms with E-state index < -0.39 is 5.41 Å². The Hall–Kier alpha value is -3.81. The van der Waals surface area contributed by atoms with Gasteiger partial charge in [-0.1, -0.05) is 30.3 Å². The van der Waals surface area contributed by atoms with Gasteiger partial charge in [0.05, 0.1) is 18.0 Å². The zero-order valence-corrected chi connectivity index (χ0v) is 19.8. The van der Waals surface area contributed by atoms with E-state index in [1.54, 1.807) is 30.7 Å². The first-order valence-electron chi connectivity index (χ1n) is 12.1. The molecule has 180 valence electrons. The van der Waals surface area contributed by atoms with Gasteiger partial charge >= 0.3 is 0 Å². The number of pyridine rings is 1. The number of carbonyl (C=O) groups is 3. The average molecular weight is 472 g/mol. The van der Waals surface area contributed by atoms with E-state index in [1.165, 1.54) is 4.90 Å². The summed E-state index contributed by atoms with van der Waals surface area (Å²) in [5.74, 6) is 0.153. The molecule has 0 N–H and O–H groups in total. The van der Waals surface area contributed by atoms with Crippen LogP contribution in [0.15, 0.2) is 67.3 Å². The Balaban J connectivity index is 1.47. The van der Waals surface area contributed by atoms with E-state index in [-0.39, 0.29) is 43.1 Å². The molecule has 5 rings (SSSR count). The highest BCUT2D eigenvalue weighted by Crippen LogP contribution is 2.42. The molecule has 2 saturated heterocycles. The Morgan fingerprint density at radius 2 is 1.83 bits per heavy atom. The molecular weight excluding hydrogens is 442 g/mol. The lowest BCUT2D eigenvalue weighted by molar-refractivity contribution is -0.144. The Morgan fingerprint density at radius 1 is 1.06 bits per heavy atom. The largest absolute Gasteiger partial charge is 0.336 e. The summed E-state index contributed by atoms with van der Waals surface area (Å²) in [4.78, 5) is 52.6. The lowest BCUT2D eigenvalue weighted by Gasteiger charge is -2.37. The van der Waals surface area contributed by atoms with Crippen molar-refractivity contribution in [2.75, 3.05) is 6.54 Å². The number of aryl methyl sites for hydroxylation is 1. The number of imide groups is 1. The summed E-state index contributed by atoms with van der Waals surface area (Å²) in [5, 5.41) is 0. The molecule has 8 heteroatoms. The topological polar surface area (TPSA) is 88.4 Å². The van der Waals surface area contributed by atoms with Crippen molar-refractivity contribution in [1.29, 1.82) is 0 Å². The maximum atomic E-state index is 13.9. The van der Waals surface area contributed by atoms with E-state index in [0.29, 0.717) is 12.1 Å². The first-order chi connectivity index (χ1) is 17.0. The van der Waals surface area contributed by atoms with Crippen LogP contribution in [0.1, 0.15) is 55.1 Å². The van der Waals surface area contributed by atoms with Crippen LogP contribution >= 0.6 is 0 Å². The number of nitrogens with zero attached hydrogens (tertiary/aromatic N) is 5. The summed E-state index contributed by atoms with van der Waals surface area (Å²) in [6.45, 7) is 0.784. The zero-order chi connectivity index (χ0) is 24.4. The van der Waals surface area contributed by atoms with Gasteiger partial charge in [-0.2, -0.15) is 0 Å². The third-order valence-corrected chi connectivity index (χ3v) is 7.26. The number of rotatable bonds is 6. The third-order valence-electron chi connectivity index (χ3n) is 7.26. The second kappa shape index (κ2) is 9.44. The lowest BCUT2D eigenvalue weighted by atomic mass is 9.75. The Kier molecular flexibility index (Phi) is 6.19. The number of aromatic nitrogens is 3. The minimum atomic E-state index is -1.22. The SMILES string of the molecule is Cn1ccnc1[C@@H]1CCCCN1C(=O)C[C@@]1(c2ccccc2)CC(=O)N(Cc2ccncc2)C1=O. The predicted molar refractivity (Wildman–Crippen MR) is 129 cm³/mol. The Labute approximate surface area is 204 Å². The number of benzene rings is 1. The summed E-state index contributed by atoms with van der Waals surface area (Å²) in [5.41, 5.74) is 0.309. The smallest absolute Gasteiger partial charge is 0.241 e. The molecule has 3 aromatic rings. The molecule has 0 spiro atoms. The summed E-state index contributed by atoms with van der Waals surface area (Å²) in [7, 11) is 1.93. The van der Waals surface area contributed by atoms with Crippen molar-refractivity contribution in [3.8, 4) is 0 Å². The fraction of sp³-hybridized carbons (Fsp3) is 0.370. The van der Waals surface area contributed by atoms with Crippen molar-refractivity contribution in [3.63, 3.8) is 0 Å². The highest BCUT2D eigenvalue weighted by Gasteiger charge is 2.54. The van der Waals surface area contributed by atoms with Gasteiger partial charge in [0.1, 0.15) is 5.82 Å². The molecule has 0 radical (unpaired) electrons. The van der Waals surface area contributed by atoms with Gasteiger partial charge < -0.3 is 9.47 Å². The number of likely N-dealkylation sites (tertiary alicyclic amines) is 2. The molecule has 2 fully saturated rings. The van der Waals surface area contributed by atoms with Gasteiger partial charge in [-0.15, -0.1) is 0 Å². The monoisotopic (exact) mass is 471 g/mol. The van der Waals surface area contributed by atoms with Crippen molar-refractivity contribution in [3.05, 3.63) is 84.2 Å². The van der Waals surface area contributed by atoms with E-state index in [4.69, 9.17) is 0 Å². The summed E-state index contributed by atoms with van der Waals surface area (Å²) >= 11 is 0. The Bertz CT molecular complexity index is 1230. The maximum Gasteiger partial charge on any atom is 0.241 e. The minimum absolute atomic E-state index is 0.0203. The summed E-state index contributed by atoms with van der Waals surface area (Å²) in [6, 6.07) is 12.7. The molecular formula is C27H29N5O3. The molecule has 0 unspecified atom stereocenters. The van der Waals surface area contributed by atoms with Gasteiger partial charge in [-0.3, -0.25) is 24.3 Å². The number of imidazole rings is 1. The fourth-order valence-corrected chi connectivity index (χ4v) is 5.41. The van der Waals surface area contributed by atoms with Crippen molar-refractivity contribution in [2.45, 2.75) is 50.1 Å². The van der Waals surface area contributed by atoms with Crippen molar-refractivity contribution < 1.29 is 14.4 Å². The molecule has 3 amide bonds. The summed E-state index contributed by atoms with van der Waals surface area (Å²) in [6.07, 6.45) is 9.60. The van der Waals surface area contributed by atoms with Crippen LogP contribution in [0.2, 0.25) is 0 Å². The Morgan fingerprint density at radius 3 is 2.54 bits per heavy atom. The van der Waals surface area contributed by atoms with Crippen LogP contribution in [0.3, 0.4) is 0 Å². The maximum absolute atomic E-state index is 13.9. The zero-order valence-electron chi connectivity index (χ0n) is 19.8. The molecule has 2 atom stereocenters. The second-order valence-electron chi connectivity index (χ2n) is 9.44. The van der Waals surface area contributed by atoms with Crippen molar-refractivity contribution in [2.24, 2.45) is 7.05 Å². The van der Waals surface area contributed by atoms with Gasteiger partial charge in [0.2, 0.25) is 17.7 Å². The van der Waals surface area contributed by atoms with Gasteiger partial charge in [0, 0.05) is 51.2 Å². The van der Waals surface area contributed by atoms with Crippen LogP contribution in [-0.2, 0) is 33.4 Å². The predicted octanol–water partition coefficient (Wildman–Crippen LogP) is 3.16. The molecule has 8 nitrogen and oxygen atoms in total. The lowest BCUT2D eigenvalue weighted by Crippen LogP contribution is -2.46. The number of hydrogen-bond donors (Lipinski definition) is 0. The van der Waals surface area contributed by atoms with Gasteiger partial charge in [0.15, 0.2) is 0 Å². The molecule has 0 bridgehead atoms. The highest BCUT2D eigenvalue weighted by molar-refractivity contribution is 6.10. The molecule has 0 saturated carbocycles. The van der Waals surface area contributed by atoms with E-state index in [9.17, 15) is 14.4 Å². The number of piperidine rings is 1. The van der Waals surface area contributed by atoms with Gasteiger partial charge in [0.25, 0.3) is 0 Å². The standard InChI is InChI=1S/C27H29N5O3/c1-30-16-14-29-25(30)22-9-5-6-15-31(22)23(33)17-27(21-7-3-2-4-8-21)18-24(34)32(26(27)35)19-20-10-12-28-13-11-20/h2-4,7-8,10-14,16,22H,5-6,9,15,17-19H2,1H3/t22-,27-/m0/s1. The van der Waals surface area contributed by atoms with Crippen LogP contribution in [0.4, 0.5) is 0 Å². The van der Waals surface area contributed by atoms with Crippen molar-refractivity contribution >= 4 is 17.7 Å². The first-order valence-corrected chi connectivity index (χ1v) is 12.1. The van der Waals surface area contributed by atoms with Crippen LogP contribution in [0, 0.1) is 0 Å². The second-order valence-corrected chi connectivity index (χ2v) is 9.44. The molecule has 0 aliphatic carbocycles. The number of carbonyl (C=O) groups excluding carboxylic acids is 3. The van der Waals surface area contributed by atoms with Crippen LogP contribution < -0.4 is 0 Å². The highest BCUT2D eigenvalue weighted by atomic mass is 16.2. The van der Waals surface area contributed by atoms with Gasteiger partial charge in [-0.05, 0) is 42.5 Å². The fourth-order valence-electron chi connectivity index (χ4n) is 5.41. The molecule has 2 aliphatic rings. The van der Waals surface area contributed by atoms with E-state index in [0.717, 1.165) is 30.7 Å². The van der Waals surface area contributed by atoms with Crippen LogP contribution in [0.25, 0.3) is 0 Å².